The Morgan fingerprint density at radius 2 is 1.58 bits per heavy atom. The van der Waals surface area contributed by atoms with E-state index in [4.69, 9.17) is 4.74 Å². The minimum Gasteiger partial charge on any atom is -0.457 e. The van der Waals surface area contributed by atoms with Crippen LogP contribution in [0.15, 0.2) is 78.9 Å². The molecule has 1 aliphatic heterocycles. The number of rotatable bonds is 6. The first-order valence-electron chi connectivity index (χ1n) is 10.7. The Balaban J connectivity index is 1.46. The number of likely N-dealkylation sites (tertiary alicyclic amines) is 1. The van der Waals surface area contributed by atoms with Crippen LogP contribution in [0.3, 0.4) is 0 Å². The SMILES string of the molecule is O=C(Nc1ccccc1)C1CCN(C(=O)c2cc([N+](=O)[O-])ccc2Oc2ccccc2)CC1. The molecule has 0 saturated carbocycles. The monoisotopic (exact) mass is 445 g/mol. The highest BCUT2D eigenvalue weighted by atomic mass is 16.6. The molecule has 0 atom stereocenters. The number of piperidine rings is 1. The minimum absolute atomic E-state index is 0.0725. The largest absolute Gasteiger partial charge is 0.457 e. The Morgan fingerprint density at radius 1 is 0.939 bits per heavy atom. The van der Waals surface area contributed by atoms with Gasteiger partial charge in [0.1, 0.15) is 11.5 Å². The molecule has 0 bridgehead atoms. The number of nitrogens with one attached hydrogen (secondary N) is 1. The summed E-state index contributed by atoms with van der Waals surface area (Å²) in [6.07, 6.45) is 1.02. The summed E-state index contributed by atoms with van der Waals surface area (Å²) in [5.74, 6) is 0.139. The summed E-state index contributed by atoms with van der Waals surface area (Å²) in [4.78, 5) is 38.2. The number of nitro groups is 1. The second kappa shape index (κ2) is 9.95. The number of amides is 2. The van der Waals surface area contributed by atoms with Gasteiger partial charge in [-0.15, -0.1) is 0 Å². The van der Waals surface area contributed by atoms with Crippen LogP contribution in [0, 0.1) is 16.0 Å². The van der Waals surface area contributed by atoms with Crippen molar-refractivity contribution in [3.05, 3.63) is 94.5 Å². The van der Waals surface area contributed by atoms with E-state index in [-0.39, 0.29) is 34.7 Å². The molecule has 0 aromatic heterocycles. The van der Waals surface area contributed by atoms with Crippen molar-refractivity contribution >= 4 is 23.2 Å². The fraction of sp³-hybridized carbons (Fsp3) is 0.200. The number of nitro benzene ring substituents is 1. The topological polar surface area (TPSA) is 102 Å². The molecular weight excluding hydrogens is 422 g/mol. The fourth-order valence-electron chi connectivity index (χ4n) is 3.78. The number of non-ortho nitro benzene ring substituents is 1. The zero-order chi connectivity index (χ0) is 23.2. The van der Waals surface area contributed by atoms with Crippen molar-refractivity contribution in [2.75, 3.05) is 18.4 Å². The summed E-state index contributed by atoms with van der Waals surface area (Å²) in [6, 6.07) is 22.2. The van der Waals surface area contributed by atoms with Crippen molar-refractivity contribution in [1.82, 2.24) is 4.90 Å². The van der Waals surface area contributed by atoms with Crippen molar-refractivity contribution in [1.29, 1.82) is 0 Å². The molecule has 0 radical (unpaired) electrons. The Bertz CT molecular complexity index is 1140. The van der Waals surface area contributed by atoms with E-state index in [2.05, 4.69) is 5.32 Å². The number of carbonyl (C=O) groups excluding carboxylic acids is 2. The molecule has 1 heterocycles. The Hall–Kier alpha value is -4.20. The van der Waals surface area contributed by atoms with Gasteiger partial charge in [-0.25, -0.2) is 0 Å². The van der Waals surface area contributed by atoms with Gasteiger partial charge in [-0.2, -0.15) is 0 Å². The maximum Gasteiger partial charge on any atom is 0.270 e. The molecule has 3 aromatic carbocycles. The first kappa shape index (κ1) is 22.0. The van der Waals surface area contributed by atoms with Gasteiger partial charge in [0.25, 0.3) is 11.6 Å². The Kier molecular flexibility index (Phi) is 6.64. The molecule has 8 nitrogen and oxygen atoms in total. The predicted molar refractivity (Wildman–Crippen MR) is 123 cm³/mol. The van der Waals surface area contributed by atoms with E-state index in [1.807, 2.05) is 36.4 Å². The molecule has 0 unspecified atom stereocenters. The average molecular weight is 445 g/mol. The summed E-state index contributed by atoms with van der Waals surface area (Å²) in [5.41, 5.74) is 0.677. The molecule has 3 aromatic rings. The van der Waals surface area contributed by atoms with E-state index in [9.17, 15) is 19.7 Å². The summed E-state index contributed by atoms with van der Waals surface area (Å²) in [6.45, 7) is 0.748. The van der Waals surface area contributed by atoms with E-state index >= 15 is 0 Å². The summed E-state index contributed by atoms with van der Waals surface area (Å²) in [7, 11) is 0. The molecule has 1 saturated heterocycles. The molecule has 1 N–H and O–H groups in total. The van der Waals surface area contributed by atoms with Crippen LogP contribution >= 0.6 is 0 Å². The smallest absolute Gasteiger partial charge is 0.270 e. The number of nitrogens with zero attached hydrogens (tertiary/aromatic N) is 2. The molecule has 8 heteroatoms. The lowest BCUT2D eigenvalue weighted by atomic mass is 9.95. The maximum absolute atomic E-state index is 13.3. The number of benzene rings is 3. The number of para-hydroxylation sites is 2. The maximum atomic E-state index is 13.3. The van der Waals surface area contributed by atoms with Crippen molar-refractivity contribution in [2.45, 2.75) is 12.8 Å². The van der Waals surface area contributed by atoms with Gasteiger partial charge in [-0.1, -0.05) is 36.4 Å². The van der Waals surface area contributed by atoms with Crippen LogP contribution in [-0.4, -0.2) is 34.7 Å². The first-order chi connectivity index (χ1) is 16.0. The highest BCUT2D eigenvalue weighted by Crippen LogP contribution is 2.31. The number of ether oxygens (including phenoxy) is 1. The number of hydrogen-bond acceptors (Lipinski definition) is 5. The molecule has 0 aliphatic carbocycles. The molecule has 0 spiro atoms. The third-order valence-corrected chi connectivity index (χ3v) is 5.57. The average Bonchev–Trinajstić information content (AvgIpc) is 2.85. The van der Waals surface area contributed by atoms with Gasteiger partial charge in [0.15, 0.2) is 0 Å². The molecule has 168 valence electrons. The Morgan fingerprint density at radius 3 is 2.21 bits per heavy atom. The van der Waals surface area contributed by atoms with Gasteiger partial charge >= 0.3 is 0 Å². The standard InChI is InChI=1S/C25H23N3O5/c29-24(26-19-7-3-1-4-8-19)18-13-15-27(16-14-18)25(30)22-17-20(28(31)32)11-12-23(22)33-21-9-5-2-6-10-21/h1-12,17-18H,13-16H2,(H,26,29). The van der Waals surface area contributed by atoms with Gasteiger partial charge in [0.05, 0.1) is 10.5 Å². The molecule has 2 amide bonds. The lowest BCUT2D eigenvalue weighted by Gasteiger charge is -2.31. The number of carbonyl (C=O) groups is 2. The van der Waals surface area contributed by atoms with E-state index in [1.54, 1.807) is 29.2 Å². The van der Waals surface area contributed by atoms with Crippen LogP contribution < -0.4 is 10.1 Å². The lowest BCUT2D eigenvalue weighted by Crippen LogP contribution is -2.41. The summed E-state index contributed by atoms with van der Waals surface area (Å²) in [5, 5.41) is 14.2. The zero-order valence-electron chi connectivity index (χ0n) is 17.8. The van der Waals surface area contributed by atoms with Gasteiger partial charge in [-0.3, -0.25) is 19.7 Å². The summed E-state index contributed by atoms with van der Waals surface area (Å²) >= 11 is 0. The number of hydrogen-bond donors (Lipinski definition) is 1. The van der Waals surface area contributed by atoms with Crippen molar-refractivity contribution in [3.8, 4) is 11.5 Å². The first-order valence-corrected chi connectivity index (χ1v) is 10.7. The van der Waals surface area contributed by atoms with E-state index < -0.39 is 4.92 Å². The van der Waals surface area contributed by atoms with Crippen LogP contribution in [0.25, 0.3) is 0 Å². The molecular formula is C25H23N3O5. The second-order valence-corrected chi connectivity index (χ2v) is 7.77. The van der Waals surface area contributed by atoms with Crippen LogP contribution in [0.5, 0.6) is 11.5 Å². The molecule has 1 aliphatic rings. The molecule has 4 rings (SSSR count). The quantitative estimate of drug-likeness (QED) is 0.430. The normalized spacial score (nSPS) is 13.9. The van der Waals surface area contributed by atoms with Crippen LogP contribution in [0.1, 0.15) is 23.2 Å². The van der Waals surface area contributed by atoms with E-state index in [0.717, 1.165) is 5.69 Å². The minimum atomic E-state index is -0.538. The van der Waals surface area contributed by atoms with Gasteiger partial charge in [0.2, 0.25) is 5.91 Å². The fourth-order valence-corrected chi connectivity index (χ4v) is 3.78. The number of anilines is 1. The highest BCUT2D eigenvalue weighted by Gasteiger charge is 2.30. The zero-order valence-corrected chi connectivity index (χ0v) is 17.8. The molecule has 1 fully saturated rings. The third kappa shape index (κ3) is 5.35. The highest BCUT2D eigenvalue weighted by molar-refractivity contribution is 5.98. The third-order valence-electron chi connectivity index (χ3n) is 5.57. The van der Waals surface area contributed by atoms with Crippen molar-refractivity contribution < 1.29 is 19.2 Å². The van der Waals surface area contributed by atoms with Crippen molar-refractivity contribution in [2.24, 2.45) is 5.92 Å². The van der Waals surface area contributed by atoms with E-state index in [0.29, 0.717) is 31.7 Å². The Labute approximate surface area is 190 Å². The lowest BCUT2D eigenvalue weighted by molar-refractivity contribution is -0.384. The van der Waals surface area contributed by atoms with Crippen LogP contribution in [-0.2, 0) is 4.79 Å². The van der Waals surface area contributed by atoms with Gasteiger partial charge in [0, 0.05) is 36.8 Å². The van der Waals surface area contributed by atoms with Crippen molar-refractivity contribution in [3.63, 3.8) is 0 Å². The van der Waals surface area contributed by atoms with Crippen LogP contribution in [0.2, 0.25) is 0 Å². The van der Waals surface area contributed by atoms with E-state index in [1.165, 1.54) is 18.2 Å². The van der Waals surface area contributed by atoms with Gasteiger partial charge in [-0.05, 0) is 43.2 Å². The predicted octanol–water partition coefficient (Wildman–Crippen LogP) is 4.88. The second-order valence-electron chi connectivity index (χ2n) is 7.77. The van der Waals surface area contributed by atoms with Gasteiger partial charge < -0.3 is 15.0 Å². The summed E-state index contributed by atoms with van der Waals surface area (Å²) < 4.78 is 5.85. The molecule has 33 heavy (non-hydrogen) atoms. The van der Waals surface area contributed by atoms with Crippen LogP contribution in [0.4, 0.5) is 11.4 Å².